The Labute approximate surface area is 67.3 Å². The molecular formula is C4H7IN2O2. The van der Waals surface area contributed by atoms with E-state index in [4.69, 9.17) is 5.21 Å². The molecule has 4 nitrogen and oxygen atoms in total. The highest BCUT2D eigenvalue weighted by atomic mass is 127. The van der Waals surface area contributed by atoms with Crippen molar-refractivity contribution < 1.29 is 8.37 Å². The molecule has 5 heteroatoms. The molecule has 0 radical (unpaired) electrons. The quantitative estimate of drug-likeness (QED) is 0.346. The van der Waals surface area contributed by atoms with Gasteiger partial charge in [0.05, 0.1) is 0 Å². The third kappa shape index (κ3) is 3.28. The van der Waals surface area contributed by atoms with E-state index in [0.717, 1.165) is 0 Å². The van der Waals surface area contributed by atoms with Gasteiger partial charge in [-0.2, -0.15) is 0 Å². The summed E-state index contributed by atoms with van der Waals surface area (Å²) in [7, 11) is 0. The van der Waals surface area contributed by atoms with Crippen molar-refractivity contribution >= 4 is 34.4 Å². The molecular weight excluding hydrogens is 235 g/mol. The van der Waals surface area contributed by atoms with E-state index in [-0.39, 0.29) is 0 Å². The summed E-state index contributed by atoms with van der Waals surface area (Å²) in [5.74, 6) is 0. The van der Waals surface area contributed by atoms with Gasteiger partial charge in [-0.15, -0.1) is 0 Å². The predicted octanol–water partition coefficient (Wildman–Crippen LogP) is 1.58. The SMILES string of the molecule is CC(=N\O)/C(C)=N/OI. The molecule has 52 valence electrons. The van der Waals surface area contributed by atoms with Gasteiger partial charge in [-0.05, 0) is 13.8 Å². The highest BCUT2D eigenvalue weighted by molar-refractivity contribution is 14.1. The molecule has 0 amide bonds. The molecule has 0 aromatic heterocycles. The third-order valence-electron chi connectivity index (χ3n) is 0.845. The van der Waals surface area contributed by atoms with E-state index in [0.29, 0.717) is 11.4 Å². The fraction of sp³-hybridized carbons (Fsp3) is 0.500. The summed E-state index contributed by atoms with van der Waals surface area (Å²) in [5, 5.41) is 14.6. The van der Waals surface area contributed by atoms with Crippen LogP contribution in [0, 0.1) is 0 Å². The van der Waals surface area contributed by atoms with E-state index in [1.54, 1.807) is 36.9 Å². The van der Waals surface area contributed by atoms with E-state index in [9.17, 15) is 0 Å². The van der Waals surface area contributed by atoms with Gasteiger partial charge in [-0.1, -0.05) is 10.3 Å². The fourth-order valence-electron chi connectivity index (χ4n) is 0.190. The Morgan fingerprint density at radius 3 is 2.33 bits per heavy atom. The van der Waals surface area contributed by atoms with Gasteiger partial charge in [0.2, 0.25) is 23.0 Å². The number of halogens is 1. The van der Waals surface area contributed by atoms with Crippen molar-refractivity contribution in [3.8, 4) is 0 Å². The summed E-state index contributed by atoms with van der Waals surface area (Å²) in [6.07, 6.45) is 0. The molecule has 0 aromatic rings. The molecule has 0 saturated carbocycles. The van der Waals surface area contributed by atoms with Crippen LogP contribution in [0.1, 0.15) is 13.8 Å². The maximum absolute atomic E-state index is 8.18. The Balaban J connectivity index is 4.03. The van der Waals surface area contributed by atoms with Gasteiger partial charge in [0.15, 0.2) is 0 Å². The highest BCUT2D eigenvalue weighted by Crippen LogP contribution is 1.89. The Kier molecular flexibility index (Phi) is 4.37. The van der Waals surface area contributed by atoms with Crippen molar-refractivity contribution in [3.05, 3.63) is 0 Å². The molecule has 0 fully saturated rings. The van der Waals surface area contributed by atoms with E-state index < -0.39 is 0 Å². The van der Waals surface area contributed by atoms with Crippen LogP contribution in [0.15, 0.2) is 10.3 Å². The molecule has 0 heterocycles. The molecule has 0 bridgehead atoms. The molecule has 0 saturated heterocycles. The van der Waals surface area contributed by atoms with Crippen molar-refractivity contribution in [2.24, 2.45) is 10.3 Å². The minimum atomic E-state index is 0.451. The monoisotopic (exact) mass is 242 g/mol. The number of rotatable bonds is 2. The van der Waals surface area contributed by atoms with Gasteiger partial charge in [0.1, 0.15) is 11.4 Å². The minimum absolute atomic E-state index is 0.451. The molecule has 0 aliphatic rings. The Hall–Kier alpha value is -0.330. The lowest BCUT2D eigenvalue weighted by Gasteiger charge is -1.91. The summed E-state index contributed by atoms with van der Waals surface area (Å²) in [5.41, 5.74) is 1.01. The number of oxime groups is 2. The Morgan fingerprint density at radius 1 is 1.44 bits per heavy atom. The second-order valence-corrected chi connectivity index (χ2v) is 1.83. The summed E-state index contributed by atoms with van der Waals surface area (Å²) in [4.78, 5) is 0. The van der Waals surface area contributed by atoms with E-state index >= 15 is 0 Å². The first-order valence-corrected chi connectivity index (χ1v) is 3.11. The zero-order valence-electron chi connectivity index (χ0n) is 5.13. The average Bonchev–Trinajstić information content (AvgIpc) is 1.87. The lowest BCUT2D eigenvalue weighted by Crippen LogP contribution is -2.04. The van der Waals surface area contributed by atoms with E-state index in [1.165, 1.54) is 0 Å². The number of hydrogen-bond acceptors (Lipinski definition) is 4. The molecule has 9 heavy (non-hydrogen) atoms. The summed E-state index contributed by atoms with van der Waals surface area (Å²) < 4.78 is 4.39. The molecule has 0 atom stereocenters. The fourth-order valence-corrected chi connectivity index (χ4v) is 0.486. The van der Waals surface area contributed by atoms with Gasteiger partial charge >= 0.3 is 0 Å². The molecule has 0 rings (SSSR count). The largest absolute Gasteiger partial charge is 0.411 e. The molecule has 0 spiro atoms. The normalized spacial score (nSPS) is 13.7. The van der Waals surface area contributed by atoms with Gasteiger partial charge in [0, 0.05) is 0 Å². The first kappa shape index (κ1) is 8.67. The van der Waals surface area contributed by atoms with Crippen LogP contribution in [0.3, 0.4) is 0 Å². The topological polar surface area (TPSA) is 54.2 Å². The van der Waals surface area contributed by atoms with Crippen molar-refractivity contribution in [1.29, 1.82) is 0 Å². The van der Waals surface area contributed by atoms with Gasteiger partial charge in [-0.25, -0.2) is 0 Å². The van der Waals surface area contributed by atoms with E-state index in [1.807, 2.05) is 0 Å². The predicted molar refractivity (Wildman–Crippen MR) is 43.1 cm³/mol. The van der Waals surface area contributed by atoms with Crippen LogP contribution >= 0.6 is 23.0 Å². The van der Waals surface area contributed by atoms with Crippen LogP contribution < -0.4 is 0 Å². The molecule has 0 aliphatic carbocycles. The Bertz CT molecular complexity index is 144. The smallest absolute Gasteiger partial charge is 0.230 e. The minimum Gasteiger partial charge on any atom is -0.411 e. The third-order valence-corrected chi connectivity index (χ3v) is 1.04. The van der Waals surface area contributed by atoms with Crippen LogP contribution in [-0.4, -0.2) is 16.6 Å². The maximum atomic E-state index is 8.18. The van der Waals surface area contributed by atoms with Crippen molar-refractivity contribution in [1.82, 2.24) is 0 Å². The maximum Gasteiger partial charge on any atom is 0.230 e. The second kappa shape index (κ2) is 4.54. The standard InChI is InChI=1S/C4H7IN2O2/c1-3(6-8)4(2)7-9-5/h8H,1-2H3/b6-3+,7-4+. The van der Waals surface area contributed by atoms with Gasteiger partial charge < -0.3 is 8.37 Å². The molecule has 0 aromatic carbocycles. The van der Waals surface area contributed by atoms with Gasteiger partial charge in [0.25, 0.3) is 0 Å². The molecule has 1 N–H and O–H groups in total. The van der Waals surface area contributed by atoms with Crippen LogP contribution in [-0.2, 0) is 3.17 Å². The first-order valence-electron chi connectivity index (χ1n) is 2.23. The van der Waals surface area contributed by atoms with Crippen LogP contribution in [0.4, 0.5) is 0 Å². The lowest BCUT2D eigenvalue weighted by atomic mass is 10.3. The average molecular weight is 242 g/mol. The van der Waals surface area contributed by atoms with Crippen LogP contribution in [0.5, 0.6) is 0 Å². The van der Waals surface area contributed by atoms with E-state index in [2.05, 4.69) is 13.5 Å². The lowest BCUT2D eigenvalue weighted by molar-refractivity contribution is 0.319. The van der Waals surface area contributed by atoms with Crippen LogP contribution in [0.2, 0.25) is 0 Å². The zero-order valence-corrected chi connectivity index (χ0v) is 7.29. The number of nitrogens with zero attached hydrogens (tertiary/aromatic N) is 2. The second-order valence-electron chi connectivity index (χ2n) is 1.43. The zero-order chi connectivity index (χ0) is 7.28. The van der Waals surface area contributed by atoms with Gasteiger partial charge in [-0.3, -0.25) is 0 Å². The summed E-state index contributed by atoms with van der Waals surface area (Å²) >= 11 is 1.63. The molecule has 0 unspecified atom stereocenters. The highest BCUT2D eigenvalue weighted by Gasteiger charge is 1.95. The Morgan fingerprint density at radius 2 is 2.00 bits per heavy atom. The summed E-state index contributed by atoms with van der Waals surface area (Å²) in [6.45, 7) is 3.32. The van der Waals surface area contributed by atoms with Crippen molar-refractivity contribution in [2.75, 3.05) is 0 Å². The van der Waals surface area contributed by atoms with Crippen molar-refractivity contribution in [2.45, 2.75) is 13.8 Å². The molecule has 0 aliphatic heterocycles. The van der Waals surface area contributed by atoms with Crippen LogP contribution in [0.25, 0.3) is 0 Å². The number of hydrogen-bond donors (Lipinski definition) is 1. The first-order chi connectivity index (χ1) is 4.22. The summed E-state index contributed by atoms with van der Waals surface area (Å²) in [6, 6.07) is 0. The van der Waals surface area contributed by atoms with Crippen molar-refractivity contribution in [3.63, 3.8) is 0 Å².